The van der Waals surface area contributed by atoms with Crippen molar-refractivity contribution < 1.29 is 53.4 Å². The van der Waals surface area contributed by atoms with Crippen LogP contribution in [0.1, 0.15) is 85.3 Å². The first kappa shape index (κ1) is 47.7. The molecule has 0 saturated carbocycles. The Balaban J connectivity index is 2.26. The third kappa shape index (κ3) is 16.7. The van der Waals surface area contributed by atoms with Gasteiger partial charge in [0.15, 0.2) is 0 Å². The maximum Gasteiger partial charge on any atom is 0.303 e. The third-order valence-corrected chi connectivity index (χ3v) is 9.11. The van der Waals surface area contributed by atoms with Gasteiger partial charge in [-0.05, 0) is 57.4 Å². The van der Waals surface area contributed by atoms with Crippen molar-refractivity contribution in [2.75, 3.05) is 6.54 Å². The lowest BCUT2D eigenvalue weighted by Crippen LogP contribution is -2.61. The number of imidazole rings is 1. The van der Waals surface area contributed by atoms with Crippen molar-refractivity contribution in [1.29, 1.82) is 0 Å². The normalized spacial score (nSPS) is 17.5. The summed E-state index contributed by atoms with van der Waals surface area (Å²) in [5.41, 5.74) is 5.88. The molecule has 0 aromatic carbocycles. The zero-order chi connectivity index (χ0) is 42.8. The van der Waals surface area contributed by atoms with Crippen LogP contribution in [0.15, 0.2) is 12.5 Å². The first-order valence-electron chi connectivity index (χ1n) is 19.0. The van der Waals surface area contributed by atoms with Crippen LogP contribution in [0.3, 0.4) is 0 Å². The third-order valence-electron chi connectivity index (χ3n) is 9.11. The van der Waals surface area contributed by atoms with E-state index in [9.17, 15) is 53.4 Å². The van der Waals surface area contributed by atoms with Crippen LogP contribution >= 0.6 is 0 Å². The van der Waals surface area contributed by atoms with Gasteiger partial charge in [-0.3, -0.25) is 38.4 Å². The van der Waals surface area contributed by atoms with Crippen molar-refractivity contribution in [2.45, 2.75) is 134 Å². The van der Waals surface area contributed by atoms with E-state index in [0.717, 1.165) is 6.42 Å². The molecule has 318 valence electrons. The largest absolute Gasteiger partial charge is 0.481 e. The number of aliphatic hydroxyl groups is 1. The molecule has 21 heteroatoms. The summed E-state index contributed by atoms with van der Waals surface area (Å²) in [5, 5.41) is 37.9. The van der Waals surface area contributed by atoms with Crippen LogP contribution in [0.25, 0.3) is 0 Å². The molecule has 1 aromatic heterocycles. The number of hydrogen-bond acceptors (Lipinski definition) is 12. The minimum atomic E-state index is -1.72. The summed E-state index contributed by atoms with van der Waals surface area (Å²) >= 11 is 0. The van der Waals surface area contributed by atoms with E-state index >= 15 is 0 Å². The molecule has 1 fully saturated rings. The summed E-state index contributed by atoms with van der Waals surface area (Å²) in [7, 11) is 0. The van der Waals surface area contributed by atoms with E-state index in [4.69, 9.17) is 5.73 Å². The topological polar surface area (TPSA) is 333 Å². The Morgan fingerprint density at radius 2 is 1.40 bits per heavy atom. The number of rotatable bonds is 25. The minimum Gasteiger partial charge on any atom is -0.481 e. The molecule has 1 saturated heterocycles. The van der Waals surface area contributed by atoms with Crippen molar-refractivity contribution in [3.8, 4) is 0 Å². The number of aldehydes is 1. The van der Waals surface area contributed by atoms with E-state index in [1.54, 1.807) is 27.7 Å². The molecule has 57 heavy (non-hydrogen) atoms. The van der Waals surface area contributed by atoms with Gasteiger partial charge in [0, 0.05) is 31.2 Å². The Labute approximate surface area is 330 Å². The number of aliphatic carboxylic acids is 1. The molecule has 0 aliphatic carbocycles. The van der Waals surface area contributed by atoms with Gasteiger partial charge in [-0.2, -0.15) is 0 Å². The SMILES string of the molecule is CC(C)C[C@H](NC(=O)[C@@H](NC(=O)[C@H](CCC(=O)O)NC(=O)[C@H](CCC(N)=O)NC(=O)[C@@H](NC(=O)[C@@H]1CCCN1)C(C)C)[C@@H](C)O)C(=O)N[C@H](C=O)Cc1cnc[nH]1. The van der Waals surface area contributed by atoms with Crippen molar-refractivity contribution in [2.24, 2.45) is 17.6 Å². The number of amides is 7. The van der Waals surface area contributed by atoms with Crippen LogP contribution in [0, 0.1) is 11.8 Å². The van der Waals surface area contributed by atoms with Crippen molar-refractivity contribution >= 4 is 53.6 Å². The fraction of sp³-hybridized carbons (Fsp3) is 0.667. The van der Waals surface area contributed by atoms with Gasteiger partial charge >= 0.3 is 5.97 Å². The predicted octanol–water partition coefficient (Wildman–Crippen LogP) is -2.97. The van der Waals surface area contributed by atoms with Gasteiger partial charge in [0.2, 0.25) is 41.4 Å². The van der Waals surface area contributed by atoms with Gasteiger partial charge in [-0.25, -0.2) is 4.98 Å². The molecule has 2 heterocycles. The lowest BCUT2D eigenvalue weighted by molar-refractivity contribution is -0.139. The Morgan fingerprint density at radius 1 is 0.825 bits per heavy atom. The second-order valence-corrected chi connectivity index (χ2v) is 14.9. The van der Waals surface area contributed by atoms with E-state index in [1.165, 1.54) is 19.4 Å². The predicted molar refractivity (Wildman–Crippen MR) is 202 cm³/mol. The number of carboxylic acid groups (broad SMARTS) is 1. The lowest BCUT2D eigenvalue weighted by Gasteiger charge is -2.29. The number of primary amides is 1. The maximum absolute atomic E-state index is 13.7. The van der Waals surface area contributed by atoms with E-state index in [1.807, 2.05) is 0 Å². The van der Waals surface area contributed by atoms with Crippen molar-refractivity contribution in [1.82, 2.24) is 47.2 Å². The number of aromatic amines is 1. The Hall–Kier alpha value is -5.44. The fourth-order valence-electron chi connectivity index (χ4n) is 6.00. The highest BCUT2D eigenvalue weighted by Gasteiger charge is 2.36. The Bertz CT molecular complexity index is 1550. The molecule has 1 aromatic rings. The number of nitrogens with zero attached hydrogens (tertiary/aromatic N) is 1. The Kier molecular flexibility index (Phi) is 19.7. The summed E-state index contributed by atoms with van der Waals surface area (Å²) < 4.78 is 0. The van der Waals surface area contributed by atoms with Crippen LogP contribution in [-0.2, 0) is 49.6 Å². The average molecular weight is 807 g/mol. The summed E-state index contributed by atoms with van der Waals surface area (Å²) in [6.07, 6.45) is 1.55. The number of hydrogen-bond donors (Lipinski definition) is 11. The average Bonchev–Trinajstić information content (AvgIpc) is 3.86. The Morgan fingerprint density at radius 3 is 1.91 bits per heavy atom. The van der Waals surface area contributed by atoms with Crippen molar-refractivity contribution in [3.63, 3.8) is 0 Å². The highest BCUT2D eigenvalue weighted by Crippen LogP contribution is 2.11. The molecular weight excluding hydrogens is 748 g/mol. The molecule has 7 amide bonds. The van der Waals surface area contributed by atoms with Crippen LogP contribution in [-0.4, -0.2) is 129 Å². The zero-order valence-electron chi connectivity index (χ0n) is 33.0. The number of H-pyrrole nitrogens is 1. The standard InChI is InChI=1S/C36H58N10O11/c1-18(2)13-26(34(55)41-22(16-47)14-21-15-38-17-40-21)44-36(57)30(20(5)48)46-33(54)25(9-11-28(50)51)42-32(53)24(8-10-27(37)49)43-35(56)29(19(3)4)45-31(52)23-7-6-12-39-23/h15-20,22-26,29-30,39,48H,6-14H2,1-5H3,(H2,37,49)(H,38,40)(H,41,55)(H,42,53)(H,43,56)(H,44,57)(H,45,52)(H,46,54)(H,50,51)/t20-,22+,23+,24+,25+,26+,29+,30+/m1/s1. The van der Waals surface area contributed by atoms with Crippen LogP contribution in [0.4, 0.5) is 0 Å². The molecule has 21 nitrogen and oxygen atoms in total. The molecule has 0 unspecified atom stereocenters. The summed E-state index contributed by atoms with van der Waals surface area (Å²) in [4.78, 5) is 122. The summed E-state index contributed by atoms with van der Waals surface area (Å²) in [6.45, 7) is 8.73. The molecule has 12 N–H and O–H groups in total. The number of nitrogens with one attached hydrogen (secondary N) is 8. The molecule has 2 rings (SSSR count). The molecule has 1 aliphatic rings. The zero-order valence-corrected chi connectivity index (χ0v) is 33.0. The fourth-order valence-corrected chi connectivity index (χ4v) is 6.00. The van der Waals surface area contributed by atoms with Crippen LogP contribution in [0.5, 0.6) is 0 Å². The van der Waals surface area contributed by atoms with Crippen LogP contribution in [0.2, 0.25) is 0 Å². The highest BCUT2D eigenvalue weighted by molar-refractivity contribution is 5.97. The molecule has 0 radical (unpaired) electrons. The molecule has 8 atom stereocenters. The molecule has 0 spiro atoms. The number of carbonyl (C=O) groups excluding carboxylic acids is 8. The van der Waals surface area contributed by atoms with E-state index < -0.39 is 114 Å². The van der Waals surface area contributed by atoms with Gasteiger partial charge < -0.3 is 62.9 Å². The second kappa shape index (κ2) is 23.6. The number of carbonyl (C=O) groups is 9. The van der Waals surface area contributed by atoms with Crippen molar-refractivity contribution in [3.05, 3.63) is 18.2 Å². The number of aromatic nitrogens is 2. The van der Waals surface area contributed by atoms with Gasteiger partial charge in [0.1, 0.15) is 36.5 Å². The molecule has 0 bridgehead atoms. The van der Waals surface area contributed by atoms with Gasteiger partial charge in [0.05, 0.1) is 24.5 Å². The molecule has 1 aliphatic heterocycles. The van der Waals surface area contributed by atoms with E-state index in [0.29, 0.717) is 24.9 Å². The van der Waals surface area contributed by atoms with Gasteiger partial charge in [0.25, 0.3) is 0 Å². The van der Waals surface area contributed by atoms with E-state index in [2.05, 4.69) is 47.2 Å². The van der Waals surface area contributed by atoms with Gasteiger partial charge in [-0.1, -0.05) is 27.7 Å². The lowest BCUT2D eigenvalue weighted by atomic mass is 10.0. The van der Waals surface area contributed by atoms with Crippen LogP contribution < -0.4 is 43.0 Å². The summed E-state index contributed by atoms with van der Waals surface area (Å²) in [5.74, 6) is -7.70. The monoisotopic (exact) mass is 806 g/mol. The molecular formula is C36H58N10O11. The highest BCUT2D eigenvalue weighted by atomic mass is 16.4. The number of carboxylic acids is 1. The second-order valence-electron chi connectivity index (χ2n) is 14.9. The number of aliphatic hydroxyl groups excluding tert-OH is 1. The summed E-state index contributed by atoms with van der Waals surface area (Å²) in [6, 6.07) is -8.63. The quantitative estimate of drug-likeness (QED) is 0.0440. The number of nitrogens with two attached hydrogens (primary N) is 1. The van der Waals surface area contributed by atoms with E-state index in [-0.39, 0.29) is 31.6 Å². The maximum atomic E-state index is 13.7. The minimum absolute atomic E-state index is 0.0907. The first-order valence-corrected chi connectivity index (χ1v) is 19.0. The first-order chi connectivity index (χ1) is 26.8. The van der Waals surface area contributed by atoms with Gasteiger partial charge in [-0.15, -0.1) is 0 Å². The smallest absolute Gasteiger partial charge is 0.303 e.